The summed E-state index contributed by atoms with van der Waals surface area (Å²) >= 11 is 0. The molecule has 2 aromatic rings. The van der Waals surface area contributed by atoms with Crippen LogP contribution in [0.5, 0.6) is 0 Å². The normalized spacial score (nSPS) is 10.6. The van der Waals surface area contributed by atoms with Gasteiger partial charge in [0.15, 0.2) is 0 Å². The Morgan fingerprint density at radius 1 is 1.47 bits per heavy atom. The fourth-order valence-corrected chi connectivity index (χ4v) is 1.68. The number of nitrogens with zero attached hydrogens (tertiary/aromatic N) is 2. The molecule has 0 aliphatic rings. The molecule has 1 aromatic carbocycles. The van der Waals surface area contributed by atoms with E-state index in [1.807, 2.05) is 20.0 Å². The molecular weight excluding hydrogens is 192 g/mol. The number of carbonyl (C=O) groups is 1. The van der Waals surface area contributed by atoms with Crippen molar-refractivity contribution in [1.82, 2.24) is 9.78 Å². The Bertz CT molecular complexity index is 529. The molecule has 1 heterocycles. The van der Waals surface area contributed by atoms with Crippen LogP contribution in [-0.4, -0.2) is 22.9 Å². The zero-order valence-corrected chi connectivity index (χ0v) is 8.94. The van der Waals surface area contributed by atoms with Gasteiger partial charge in [-0.1, -0.05) is 6.07 Å². The van der Waals surface area contributed by atoms with Gasteiger partial charge in [-0.15, -0.1) is 0 Å². The van der Waals surface area contributed by atoms with Gasteiger partial charge >= 0.3 is 5.97 Å². The van der Waals surface area contributed by atoms with Gasteiger partial charge in [-0.25, -0.2) is 4.79 Å². The monoisotopic (exact) mass is 204 g/mol. The molecular formula is C11H12N2O2. The van der Waals surface area contributed by atoms with E-state index in [-0.39, 0.29) is 5.97 Å². The Balaban J connectivity index is 2.80. The van der Waals surface area contributed by atoms with E-state index in [2.05, 4.69) is 5.10 Å². The van der Waals surface area contributed by atoms with E-state index in [0.717, 1.165) is 16.6 Å². The lowest BCUT2D eigenvalue weighted by Gasteiger charge is -2.01. The second-order valence-corrected chi connectivity index (χ2v) is 3.40. The third kappa shape index (κ3) is 1.38. The van der Waals surface area contributed by atoms with Crippen molar-refractivity contribution in [2.24, 2.45) is 7.05 Å². The predicted molar refractivity (Wildman–Crippen MR) is 56.8 cm³/mol. The number of benzene rings is 1. The van der Waals surface area contributed by atoms with E-state index < -0.39 is 0 Å². The van der Waals surface area contributed by atoms with Gasteiger partial charge in [0.1, 0.15) is 0 Å². The van der Waals surface area contributed by atoms with Crippen LogP contribution in [0, 0.1) is 6.92 Å². The highest BCUT2D eigenvalue weighted by atomic mass is 16.5. The summed E-state index contributed by atoms with van der Waals surface area (Å²) in [6.07, 6.45) is 0. The maximum atomic E-state index is 11.5. The SMILES string of the molecule is COC(=O)c1cccc2nn(C)c(C)c12. The molecule has 0 aliphatic carbocycles. The predicted octanol–water partition coefficient (Wildman–Crippen LogP) is 1.67. The number of rotatable bonds is 1. The van der Waals surface area contributed by atoms with E-state index in [4.69, 9.17) is 4.74 Å². The zero-order valence-electron chi connectivity index (χ0n) is 8.94. The number of aryl methyl sites for hydroxylation is 2. The minimum atomic E-state index is -0.322. The third-order valence-corrected chi connectivity index (χ3v) is 2.55. The molecule has 0 radical (unpaired) electrons. The molecule has 0 saturated carbocycles. The summed E-state index contributed by atoms with van der Waals surface area (Å²) < 4.78 is 6.49. The first-order chi connectivity index (χ1) is 7.15. The Morgan fingerprint density at radius 3 is 2.87 bits per heavy atom. The van der Waals surface area contributed by atoms with Crippen LogP contribution in [-0.2, 0) is 11.8 Å². The van der Waals surface area contributed by atoms with Gasteiger partial charge in [0, 0.05) is 18.1 Å². The summed E-state index contributed by atoms with van der Waals surface area (Å²) in [6.45, 7) is 1.93. The van der Waals surface area contributed by atoms with E-state index in [1.165, 1.54) is 7.11 Å². The minimum Gasteiger partial charge on any atom is -0.465 e. The lowest BCUT2D eigenvalue weighted by molar-refractivity contribution is 0.0603. The topological polar surface area (TPSA) is 44.1 Å². The molecule has 0 atom stereocenters. The molecule has 15 heavy (non-hydrogen) atoms. The van der Waals surface area contributed by atoms with Gasteiger partial charge in [-0.3, -0.25) is 4.68 Å². The number of methoxy groups -OCH3 is 1. The van der Waals surface area contributed by atoms with Crippen molar-refractivity contribution in [2.75, 3.05) is 7.11 Å². The molecule has 0 aliphatic heterocycles. The first-order valence-corrected chi connectivity index (χ1v) is 4.65. The highest BCUT2D eigenvalue weighted by Gasteiger charge is 2.14. The summed E-state index contributed by atoms with van der Waals surface area (Å²) in [6, 6.07) is 5.44. The van der Waals surface area contributed by atoms with Gasteiger partial charge in [0.2, 0.25) is 0 Å². The average molecular weight is 204 g/mol. The van der Waals surface area contributed by atoms with E-state index >= 15 is 0 Å². The van der Waals surface area contributed by atoms with Gasteiger partial charge in [-0.2, -0.15) is 5.10 Å². The van der Waals surface area contributed by atoms with Crippen molar-refractivity contribution in [1.29, 1.82) is 0 Å². The maximum absolute atomic E-state index is 11.5. The van der Waals surface area contributed by atoms with Crippen LogP contribution in [0.15, 0.2) is 18.2 Å². The van der Waals surface area contributed by atoms with Gasteiger partial charge in [0.05, 0.1) is 18.2 Å². The summed E-state index contributed by atoms with van der Waals surface area (Å²) in [4.78, 5) is 11.5. The Hall–Kier alpha value is -1.84. The average Bonchev–Trinajstić information content (AvgIpc) is 2.54. The van der Waals surface area contributed by atoms with Gasteiger partial charge in [-0.05, 0) is 19.1 Å². The smallest absolute Gasteiger partial charge is 0.338 e. The van der Waals surface area contributed by atoms with Crippen molar-refractivity contribution < 1.29 is 9.53 Å². The standard InChI is InChI=1S/C11H12N2O2/c1-7-10-8(11(14)15-3)5-4-6-9(10)12-13(7)2/h4-6H,1-3H3. The molecule has 0 spiro atoms. The van der Waals surface area contributed by atoms with Crippen LogP contribution in [0.3, 0.4) is 0 Å². The molecule has 0 saturated heterocycles. The third-order valence-electron chi connectivity index (χ3n) is 2.55. The van der Waals surface area contributed by atoms with Crippen molar-refractivity contribution in [3.05, 3.63) is 29.5 Å². The lowest BCUT2D eigenvalue weighted by atomic mass is 10.1. The second-order valence-electron chi connectivity index (χ2n) is 3.40. The summed E-state index contributed by atoms with van der Waals surface area (Å²) in [5.74, 6) is -0.322. The van der Waals surface area contributed by atoms with Crippen LogP contribution in [0.25, 0.3) is 10.9 Å². The Labute approximate surface area is 87.5 Å². The van der Waals surface area contributed by atoms with Crippen molar-refractivity contribution in [3.8, 4) is 0 Å². The van der Waals surface area contributed by atoms with Crippen LogP contribution in [0.2, 0.25) is 0 Å². The molecule has 0 fully saturated rings. The summed E-state index contributed by atoms with van der Waals surface area (Å²) in [5, 5.41) is 5.17. The van der Waals surface area contributed by atoms with Crippen LogP contribution >= 0.6 is 0 Å². The number of aromatic nitrogens is 2. The molecule has 0 N–H and O–H groups in total. The van der Waals surface area contributed by atoms with Gasteiger partial charge in [0.25, 0.3) is 0 Å². The minimum absolute atomic E-state index is 0.322. The molecule has 78 valence electrons. The van der Waals surface area contributed by atoms with Crippen LogP contribution < -0.4 is 0 Å². The van der Waals surface area contributed by atoms with E-state index in [0.29, 0.717) is 5.56 Å². The number of carbonyl (C=O) groups excluding carboxylic acids is 1. The largest absolute Gasteiger partial charge is 0.465 e. The first-order valence-electron chi connectivity index (χ1n) is 4.65. The van der Waals surface area contributed by atoms with Crippen molar-refractivity contribution in [2.45, 2.75) is 6.92 Å². The Kier molecular flexibility index (Phi) is 2.19. The molecule has 2 rings (SSSR count). The van der Waals surface area contributed by atoms with Crippen molar-refractivity contribution >= 4 is 16.9 Å². The quantitative estimate of drug-likeness (QED) is 0.664. The fraction of sp³-hybridized carbons (Fsp3) is 0.273. The highest BCUT2D eigenvalue weighted by Crippen LogP contribution is 2.21. The zero-order chi connectivity index (χ0) is 11.0. The molecule has 4 heteroatoms. The number of ether oxygens (including phenoxy) is 1. The van der Waals surface area contributed by atoms with Crippen molar-refractivity contribution in [3.63, 3.8) is 0 Å². The van der Waals surface area contributed by atoms with Crippen LogP contribution in [0.4, 0.5) is 0 Å². The first kappa shape index (κ1) is 9.71. The number of hydrogen-bond donors (Lipinski definition) is 0. The molecule has 4 nitrogen and oxygen atoms in total. The molecule has 0 amide bonds. The van der Waals surface area contributed by atoms with E-state index in [1.54, 1.807) is 16.8 Å². The number of esters is 1. The Morgan fingerprint density at radius 2 is 2.20 bits per heavy atom. The lowest BCUT2D eigenvalue weighted by Crippen LogP contribution is -2.02. The highest BCUT2D eigenvalue weighted by molar-refractivity contribution is 6.04. The molecule has 1 aromatic heterocycles. The van der Waals surface area contributed by atoms with Crippen LogP contribution in [0.1, 0.15) is 16.1 Å². The summed E-state index contributed by atoms with van der Waals surface area (Å²) in [7, 11) is 3.24. The molecule has 0 bridgehead atoms. The van der Waals surface area contributed by atoms with E-state index in [9.17, 15) is 4.79 Å². The maximum Gasteiger partial charge on any atom is 0.338 e. The fourth-order valence-electron chi connectivity index (χ4n) is 1.68. The molecule has 0 unspecified atom stereocenters. The number of hydrogen-bond acceptors (Lipinski definition) is 3. The summed E-state index contributed by atoms with van der Waals surface area (Å²) in [5.41, 5.74) is 2.35. The van der Waals surface area contributed by atoms with Gasteiger partial charge < -0.3 is 4.74 Å². The second kappa shape index (κ2) is 3.38. The number of fused-ring (bicyclic) bond motifs is 1.